The summed E-state index contributed by atoms with van der Waals surface area (Å²) in [5.41, 5.74) is 4.46. The molecule has 5 heteroatoms. The Morgan fingerprint density at radius 1 is 1.11 bits per heavy atom. The number of allylic oxidation sites excluding steroid dienone is 1. The van der Waals surface area contributed by atoms with Crippen LogP contribution in [-0.2, 0) is 11.2 Å². The lowest BCUT2D eigenvalue weighted by atomic mass is 9.93. The number of fused-ring (bicyclic) bond motifs is 3. The number of ether oxygens (including phenoxy) is 3. The van der Waals surface area contributed by atoms with Gasteiger partial charge in [-0.25, -0.2) is 0 Å². The molecule has 0 aliphatic carbocycles. The third kappa shape index (κ3) is 2.96. The van der Waals surface area contributed by atoms with Crippen molar-refractivity contribution < 1.29 is 14.2 Å². The van der Waals surface area contributed by atoms with Crippen molar-refractivity contribution in [2.75, 3.05) is 20.8 Å². The van der Waals surface area contributed by atoms with Gasteiger partial charge in [0.25, 0.3) is 0 Å². The van der Waals surface area contributed by atoms with Gasteiger partial charge in [-0.1, -0.05) is 49.5 Å². The highest BCUT2D eigenvalue weighted by molar-refractivity contribution is 7.81. The molecule has 0 fully saturated rings. The third-order valence-electron chi connectivity index (χ3n) is 5.21. The van der Waals surface area contributed by atoms with Crippen LogP contribution in [-0.4, -0.2) is 30.7 Å². The van der Waals surface area contributed by atoms with Crippen molar-refractivity contribution in [2.24, 2.45) is 0 Å². The van der Waals surface area contributed by atoms with Crippen LogP contribution in [0, 0.1) is 0 Å². The Morgan fingerprint density at radius 2 is 1.81 bits per heavy atom. The molecule has 0 amide bonds. The normalized spacial score (nSPS) is 18.6. The molecule has 4 rings (SSSR count). The van der Waals surface area contributed by atoms with Gasteiger partial charge in [0.1, 0.15) is 10.7 Å². The Morgan fingerprint density at radius 3 is 2.48 bits per heavy atom. The van der Waals surface area contributed by atoms with E-state index in [1.165, 1.54) is 5.56 Å². The first-order valence-electron chi connectivity index (χ1n) is 9.19. The average Bonchev–Trinajstić information content (AvgIpc) is 2.72. The zero-order chi connectivity index (χ0) is 19.0. The minimum Gasteiger partial charge on any atom is -0.493 e. The maximum atomic E-state index is 6.50. The van der Waals surface area contributed by atoms with E-state index in [2.05, 4.69) is 30.0 Å². The highest BCUT2D eigenvalue weighted by Crippen LogP contribution is 2.44. The topological polar surface area (TPSA) is 30.9 Å². The van der Waals surface area contributed by atoms with E-state index in [-0.39, 0.29) is 6.23 Å². The van der Waals surface area contributed by atoms with Gasteiger partial charge in [-0.2, -0.15) is 0 Å². The monoisotopic (exact) mass is 381 g/mol. The Balaban J connectivity index is 1.81. The molecule has 2 aromatic rings. The molecular formula is C22H23NO3S. The predicted molar refractivity (Wildman–Crippen MR) is 110 cm³/mol. The lowest BCUT2D eigenvalue weighted by Crippen LogP contribution is -2.43. The van der Waals surface area contributed by atoms with E-state index >= 15 is 0 Å². The van der Waals surface area contributed by atoms with Crippen molar-refractivity contribution in [3.8, 4) is 11.5 Å². The molecule has 0 saturated heterocycles. The molecule has 0 aromatic heterocycles. The van der Waals surface area contributed by atoms with Gasteiger partial charge in [-0.15, -0.1) is 0 Å². The fourth-order valence-electron chi connectivity index (χ4n) is 3.85. The SMILES string of the molecule is CCC1=C(c2ccccc2)C(=S)N2CCc3cc(OC)c(OC)cc3C2O1. The van der Waals surface area contributed by atoms with Crippen molar-refractivity contribution in [2.45, 2.75) is 26.0 Å². The first-order chi connectivity index (χ1) is 13.2. The molecule has 1 atom stereocenters. The van der Waals surface area contributed by atoms with Gasteiger partial charge in [0.2, 0.25) is 0 Å². The number of rotatable bonds is 4. The average molecular weight is 381 g/mol. The van der Waals surface area contributed by atoms with E-state index in [0.717, 1.165) is 52.6 Å². The number of hydrogen-bond acceptors (Lipinski definition) is 4. The van der Waals surface area contributed by atoms with Gasteiger partial charge in [0, 0.05) is 18.5 Å². The molecule has 2 aliphatic heterocycles. The molecule has 140 valence electrons. The number of benzene rings is 2. The summed E-state index contributed by atoms with van der Waals surface area (Å²) >= 11 is 5.92. The minimum absolute atomic E-state index is 0.219. The van der Waals surface area contributed by atoms with E-state index in [4.69, 9.17) is 26.4 Å². The van der Waals surface area contributed by atoms with Gasteiger partial charge in [0.05, 0.1) is 19.8 Å². The maximum Gasteiger partial charge on any atom is 0.199 e. The summed E-state index contributed by atoms with van der Waals surface area (Å²) in [6.45, 7) is 2.92. The predicted octanol–water partition coefficient (Wildman–Crippen LogP) is 4.74. The number of methoxy groups -OCH3 is 2. The highest BCUT2D eigenvalue weighted by Gasteiger charge is 2.38. The van der Waals surface area contributed by atoms with Crippen LogP contribution < -0.4 is 9.47 Å². The van der Waals surface area contributed by atoms with Crippen LogP contribution in [0.25, 0.3) is 5.57 Å². The van der Waals surface area contributed by atoms with Gasteiger partial charge < -0.3 is 19.1 Å². The van der Waals surface area contributed by atoms with Gasteiger partial charge in [0.15, 0.2) is 17.7 Å². The van der Waals surface area contributed by atoms with E-state index in [9.17, 15) is 0 Å². The third-order valence-corrected chi connectivity index (χ3v) is 5.65. The van der Waals surface area contributed by atoms with E-state index < -0.39 is 0 Å². The van der Waals surface area contributed by atoms with Crippen molar-refractivity contribution in [3.05, 3.63) is 64.9 Å². The molecule has 0 saturated carbocycles. The zero-order valence-corrected chi connectivity index (χ0v) is 16.6. The molecule has 27 heavy (non-hydrogen) atoms. The molecule has 0 radical (unpaired) electrons. The zero-order valence-electron chi connectivity index (χ0n) is 15.8. The summed E-state index contributed by atoms with van der Waals surface area (Å²) in [4.78, 5) is 3.04. The van der Waals surface area contributed by atoms with Crippen molar-refractivity contribution >= 4 is 22.8 Å². The minimum atomic E-state index is -0.219. The summed E-state index contributed by atoms with van der Waals surface area (Å²) < 4.78 is 17.5. The second-order valence-electron chi connectivity index (χ2n) is 6.64. The van der Waals surface area contributed by atoms with Crippen molar-refractivity contribution in [3.63, 3.8) is 0 Å². The van der Waals surface area contributed by atoms with Crippen LogP contribution in [0.15, 0.2) is 48.2 Å². The fourth-order valence-corrected chi connectivity index (χ4v) is 4.27. The summed E-state index contributed by atoms with van der Waals surface area (Å²) in [5, 5.41) is 0. The quantitative estimate of drug-likeness (QED) is 0.714. The van der Waals surface area contributed by atoms with Crippen LogP contribution in [0.4, 0.5) is 0 Å². The Kier molecular flexibility index (Phi) is 4.79. The van der Waals surface area contributed by atoms with Crippen LogP contribution >= 0.6 is 12.2 Å². The molecule has 0 spiro atoms. The van der Waals surface area contributed by atoms with Gasteiger partial charge >= 0.3 is 0 Å². The summed E-state index contributed by atoms with van der Waals surface area (Å²) in [5.74, 6) is 2.40. The van der Waals surface area contributed by atoms with E-state index in [1.807, 2.05) is 24.3 Å². The first kappa shape index (κ1) is 17.9. The van der Waals surface area contributed by atoms with Crippen LogP contribution in [0.1, 0.15) is 36.3 Å². The Bertz CT molecular complexity index is 907. The molecule has 0 N–H and O–H groups in total. The van der Waals surface area contributed by atoms with Gasteiger partial charge in [-0.05, 0) is 29.7 Å². The van der Waals surface area contributed by atoms with Crippen molar-refractivity contribution in [1.82, 2.24) is 4.90 Å². The molecule has 2 heterocycles. The fraction of sp³-hybridized carbons (Fsp3) is 0.318. The first-order valence-corrected chi connectivity index (χ1v) is 9.59. The van der Waals surface area contributed by atoms with Gasteiger partial charge in [-0.3, -0.25) is 0 Å². The van der Waals surface area contributed by atoms with E-state index in [0.29, 0.717) is 5.75 Å². The Hall–Kier alpha value is -2.53. The smallest absolute Gasteiger partial charge is 0.199 e. The number of nitrogens with zero attached hydrogens (tertiary/aromatic N) is 1. The van der Waals surface area contributed by atoms with Crippen LogP contribution in [0.2, 0.25) is 0 Å². The maximum absolute atomic E-state index is 6.50. The molecular weight excluding hydrogens is 358 g/mol. The Labute approximate surface area is 165 Å². The summed E-state index contributed by atoms with van der Waals surface area (Å²) in [6.07, 6.45) is 1.46. The summed E-state index contributed by atoms with van der Waals surface area (Å²) in [6, 6.07) is 14.3. The standard InChI is InChI=1S/C22H23NO3S/c1-4-17-20(14-8-6-5-7-9-14)22(27)23-11-10-15-12-18(24-2)19(25-3)13-16(15)21(23)26-17/h5-9,12-13,21H,4,10-11H2,1-3H3. The second kappa shape index (κ2) is 7.24. The molecule has 1 unspecified atom stereocenters. The second-order valence-corrected chi connectivity index (χ2v) is 7.03. The molecule has 2 aromatic carbocycles. The summed E-state index contributed by atoms with van der Waals surface area (Å²) in [7, 11) is 3.32. The number of hydrogen-bond donors (Lipinski definition) is 0. The van der Waals surface area contributed by atoms with Crippen molar-refractivity contribution in [1.29, 1.82) is 0 Å². The van der Waals surface area contributed by atoms with Crippen LogP contribution in [0.5, 0.6) is 11.5 Å². The number of thiocarbonyl (C=S) groups is 1. The van der Waals surface area contributed by atoms with E-state index in [1.54, 1.807) is 14.2 Å². The van der Waals surface area contributed by atoms with Crippen LogP contribution in [0.3, 0.4) is 0 Å². The lowest BCUT2D eigenvalue weighted by molar-refractivity contribution is 0.00223. The lowest BCUT2D eigenvalue weighted by Gasteiger charge is -2.43. The molecule has 2 aliphatic rings. The molecule has 0 bridgehead atoms. The largest absolute Gasteiger partial charge is 0.493 e. The molecule has 4 nitrogen and oxygen atoms in total. The highest BCUT2D eigenvalue weighted by atomic mass is 32.1.